The van der Waals surface area contributed by atoms with Crippen LogP contribution >= 0.6 is 0 Å². The SMILES string of the molecule is COc1ccc(Oc2ccc(N)c(N(C)C(=O)OC(C)(C)C)c2)cc1. The molecule has 6 heteroatoms. The van der Waals surface area contributed by atoms with Gasteiger partial charge in [0.15, 0.2) is 0 Å². The minimum atomic E-state index is -0.586. The summed E-state index contributed by atoms with van der Waals surface area (Å²) < 4.78 is 16.3. The lowest BCUT2D eigenvalue weighted by atomic mass is 10.2. The predicted octanol–water partition coefficient (Wildman–Crippen LogP) is 4.44. The van der Waals surface area contributed by atoms with Crippen molar-refractivity contribution in [2.24, 2.45) is 0 Å². The van der Waals surface area contributed by atoms with Gasteiger partial charge in [-0.3, -0.25) is 4.90 Å². The summed E-state index contributed by atoms with van der Waals surface area (Å²) in [6.07, 6.45) is -0.485. The van der Waals surface area contributed by atoms with E-state index in [2.05, 4.69) is 0 Å². The van der Waals surface area contributed by atoms with E-state index in [-0.39, 0.29) is 0 Å². The molecule has 2 rings (SSSR count). The topological polar surface area (TPSA) is 74.0 Å². The second-order valence-corrected chi connectivity index (χ2v) is 6.54. The Morgan fingerprint density at radius 2 is 1.56 bits per heavy atom. The molecular weight excluding hydrogens is 320 g/mol. The molecule has 1 amide bonds. The Kier molecular flexibility index (Phi) is 5.41. The Morgan fingerprint density at radius 3 is 2.12 bits per heavy atom. The molecule has 0 aliphatic carbocycles. The molecule has 2 aromatic rings. The number of anilines is 2. The van der Waals surface area contributed by atoms with E-state index < -0.39 is 11.7 Å². The zero-order valence-corrected chi connectivity index (χ0v) is 15.2. The van der Waals surface area contributed by atoms with E-state index in [1.165, 1.54) is 4.90 Å². The minimum Gasteiger partial charge on any atom is -0.497 e. The highest BCUT2D eigenvalue weighted by molar-refractivity contribution is 5.91. The van der Waals surface area contributed by atoms with Crippen LogP contribution in [0.15, 0.2) is 42.5 Å². The van der Waals surface area contributed by atoms with Gasteiger partial charge in [-0.25, -0.2) is 4.79 Å². The number of amides is 1. The fraction of sp³-hybridized carbons (Fsp3) is 0.316. The first-order valence-electron chi connectivity index (χ1n) is 7.88. The summed E-state index contributed by atoms with van der Waals surface area (Å²) in [4.78, 5) is 13.6. The number of hydrogen-bond acceptors (Lipinski definition) is 5. The average molecular weight is 344 g/mol. The lowest BCUT2D eigenvalue weighted by molar-refractivity contribution is 0.0589. The number of carbonyl (C=O) groups is 1. The van der Waals surface area contributed by atoms with Crippen molar-refractivity contribution >= 4 is 17.5 Å². The van der Waals surface area contributed by atoms with Crippen molar-refractivity contribution in [1.29, 1.82) is 0 Å². The Morgan fingerprint density at radius 1 is 1.00 bits per heavy atom. The van der Waals surface area contributed by atoms with Gasteiger partial charge in [0.05, 0.1) is 18.5 Å². The first-order valence-corrected chi connectivity index (χ1v) is 7.88. The number of hydrogen-bond donors (Lipinski definition) is 1. The van der Waals surface area contributed by atoms with Gasteiger partial charge in [0.1, 0.15) is 22.8 Å². The van der Waals surface area contributed by atoms with Crippen LogP contribution < -0.4 is 20.1 Å². The van der Waals surface area contributed by atoms with Crippen LogP contribution in [-0.4, -0.2) is 25.9 Å². The summed E-state index contributed by atoms with van der Waals surface area (Å²) in [5.74, 6) is 1.95. The first-order chi connectivity index (χ1) is 11.7. The standard InChI is InChI=1S/C19H24N2O4/c1-19(2,3)25-18(22)21(4)17-12-15(10-11-16(17)20)24-14-8-6-13(23-5)7-9-14/h6-12H,20H2,1-5H3. The van der Waals surface area contributed by atoms with Crippen molar-refractivity contribution < 1.29 is 19.0 Å². The normalized spacial score (nSPS) is 10.9. The summed E-state index contributed by atoms with van der Waals surface area (Å²) >= 11 is 0. The van der Waals surface area contributed by atoms with Crippen LogP contribution in [0, 0.1) is 0 Å². The summed E-state index contributed by atoms with van der Waals surface area (Å²) in [7, 11) is 3.21. The number of carbonyl (C=O) groups excluding carboxylic acids is 1. The molecule has 2 N–H and O–H groups in total. The molecule has 0 aliphatic rings. The summed E-state index contributed by atoms with van der Waals surface area (Å²) in [5.41, 5.74) is 6.38. The Balaban J connectivity index is 2.19. The monoisotopic (exact) mass is 344 g/mol. The van der Waals surface area contributed by atoms with E-state index in [0.717, 1.165) is 5.75 Å². The maximum atomic E-state index is 12.2. The highest BCUT2D eigenvalue weighted by Crippen LogP contribution is 2.31. The van der Waals surface area contributed by atoms with Gasteiger partial charge < -0.3 is 19.9 Å². The predicted molar refractivity (Wildman–Crippen MR) is 98.6 cm³/mol. The van der Waals surface area contributed by atoms with Crippen LogP contribution in [0.3, 0.4) is 0 Å². The third-order valence-electron chi connectivity index (χ3n) is 3.33. The number of rotatable bonds is 4. The second-order valence-electron chi connectivity index (χ2n) is 6.54. The molecule has 0 bridgehead atoms. The van der Waals surface area contributed by atoms with E-state index in [1.54, 1.807) is 56.6 Å². The van der Waals surface area contributed by atoms with Crippen LogP contribution in [0.5, 0.6) is 17.2 Å². The molecule has 0 aromatic heterocycles. The lowest BCUT2D eigenvalue weighted by Crippen LogP contribution is -2.34. The first kappa shape index (κ1) is 18.4. The third-order valence-corrected chi connectivity index (χ3v) is 3.33. The molecule has 0 saturated heterocycles. The van der Waals surface area contributed by atoms with Crippen LogP contribution in [0.4, 0.5) is 16.2 Å². The van der Waals surface area contributed by atoms with Gasteiger partial charge in [-0.2, -0.15) is 0 Å². The van der Waals surface area contributed by atoms with Crippen molar-refractivity contribution in [1.82, 2.24) is 0 Å². The van der Waals surface area contributed by atoms with Gasteiger partial charge in [-0.1, -0.05) is 0 Å². The van der Waals surface area contributed by atoms with Gasteiger partial charge in [0.2, 0.25) is 0 Å². The molecule has 0 heterocycles. The molecule has 0 fully saturated rings. The lowest BCUT2D eigenvalue weighted by Gasteiger charge is -2.25. The van der Waals surface area contributed by atoms with E-state index in [0.29, 0.717) is 22.9 Å². The fourth-order valence-electron chi connectivity index (χ4n) is 2.09. The zero-order chi connectivity index (χ0) is 18.6. The molecule has 134 valence electrons. The van der Waals surface area contributed by atoms with Crippen molar-refractivity contribution in [2.75, 3.05) is 24.8 Å². The molecular formula is C19H24N2O4. The molecule has 0 atom stereocenters. The van der Waals surface area contributed by atoms with E-state index >= 15 is 0 Å². The minimum absolute atomic E-state index is 0.454. The molecule has 0 radical (unpaired) electrons. The molecule has 2 aromatic carbocycles. The van der Waals surface area contributed by atoms with E-state index in [9.17, 15) is 4.79 Å². The summed E-state index contributed by atoms with van der Waals surface area (Å²) in [6.45, 7) is 5.43. The number of nitrogens with zero attached hydrogens (tertiary/aromatic N) is 1. The number of nitrogens with two attached hydrogens (primary N) is 1. The smallest absolute Gasteiger partial charge is 0.414 e. The van der Waals surface area contributed by atoms with Crippen molar-refractivity contribution in [3.8, 4) is 17.2 Å². The number of methoxy groups -OCH3 is 1. The summed E-state index contributed by atoms with van der Waals surface area (Å²) in [5, 5.41) is 0. The summed E-state index contributed by atoms with van der Waals surface area (Å²) in [6, 6.07) is 12.3. The largest absolute Gasteiger partial charge is 0.497 e. The van der Waals surface area contributed by atoms with Gasteiger partial charge >= 0.3 is 6.09 Å². The maximum Gasteiger partial charge on any atom is 0.414 e. The quantitative estimate of drug-likeness (QED) is 0.830. The van der Waals surface area contributed by atoms with E-state index in [4.69, 9.17) is 19.9 Å². The molecule has 0 aliphatic heterocycles. The fourth-order valence-corrected chi connectivity index (χ4v) is 2.09. The zero-order valence-electron chi connectivity index (χ0n) is 15.2. The van der Waals surface area contributed by atoms with Gasteiger partial charge in [-0.15, -0.1) is 0 Å². The highest BCUT2D eigenvalue weighted by atomic mass is 16.6. The Bertz CT molecular complexity index is 736. The number of benzene rings is 2. The third kappa shape index (κ3) is 5.04. The maximum absolute atomic E-state index is 12.2. The van der Waals surface area contributed by atoms with Gasteiger partial charge in [0.25, 0.3) is 0 Å². The van der Waals surface area contributed by atoms with Crippen molar-refractivity contribution in [2.45, 2.75) is 26.4 Å². The number of nitrogen functional groups attached to an aromatic ring is 1. The molecule has 0 spiro atoms. The van der Waals surface area contributed by atoms with Gasteiger partial charge in [-0.05, 0) is 57.2 Å². The molecule has 6 nitrogen and oxygen atoms in total. The van der Waals surface area contributed by atoms with Crippen LogP contribution in [-0.2, 0) is 4.74 Å². The Labute approximate surface area is 148 Å². The molecule has 0 saturated carbocycles. The number of ether oxygens (including phenoxy) is 3. The van der Waals surface area contributed by atoms with Crippen LogP contribution in [0.2, 0.25) is 0 Å². The van der Waals surface area contributed by atoms with Crippen molar-refractivity contribution in [3.63, 3.8) is 0 Å². The molecule has 0 unspecified atom stereocenters. The van der Waals surface area contributed by atoms with E-state index in [1.807, 2.05) is 20.8 Å². The molecule has 25 heavy (non-hydrogen) atoms. The van der Waals surface area contributed by atoms with Gasteiger partial charge in [0, 0.05) is 13.1 Å². The Hall–Kier alpha value is -2.89. The second kappa shape index (κ2) is 7.34. The highest BCUT2D eigenvalue weighted by Gasteiger charge is 2.22. The van der Waals surface area contributed by atoms with Crippen molar-refractivity contribution in [3.05, 3.63) is 42.5 Å². The van der Waals surface area contributed by atoms with Crippen LogP contribution in [0.25, 0.3) is 0 Å². The average Bonchev–Trinajstić information content (AvgIpc) is 2.55. The van der Waals surface area contributed by atoms with Crippen LogP contribution in [0.1, 0.15) is 20.8 Å².